The summed E-state index contributed by atoms with van der Waals surface area (Å²) in [6.07, 6.45) is 6.28. The van der Waals surface area contributed by atoms with Crippen LogP contribution >= 0.6 is 0 Å². The molecule has 0 N–H and O–H groups in total. The molecule has 6 rings (SSSR count). The molecule has 0 radical (unpaired) electrons. The highest BCUT2D eigenvalue weighted by Gasteiger charge is 2.14. The minimum Gasteiger partial charge on any atom is -0.356 e. The summed E-state index contributed by atoms with van der Waals surface area (Å²) in [5.41, 5.74) is 1.08. The van der Waals surface area contributed by atoms with Gasteiger partial charge in [0, 0.05) is 47.2 Å². The molecule has 2 heterocycles. The molecule has 0 amide bonds. The van der Waals surface area contributed by atoms with Crippen molar-refractivity contribution in [3.8, 4) is 0 Å². The lowest BCUT2D eigenvalue weighted by atomic mass is 9.92. The highest BCUT2D eigenvalue weighted by Crippen LogP contribution is 2.40. The molecule has 0 saturated heterocycles. The lowest BCUT2D eigenvalue weighted by Gasteiger charge is -2.12. The Morgan fingerprint density at radius 2 is 1.38 bits per heavy atom. The van der Waals surface area contributed by atoms with Gasteiger partial charge in [0.2, 0.25) is 0 Å². The van der Waals surface area contributed by atoms with Crippen molar-refractivity contribution in [3.05, 3.63) is 79.3 Å². The van der Waals surface area contributed by atoms with Gasteiger partial charge in [0.05, 0.1) is 5.52 Å². The van der Waals surface area contributed by atoms with Crippen LogP contribution < -0.4 is 0 Å². The maximum atomic E-state index is 4.75. The van der Waals surface area contributed by atoms with Crippen molar-refractivity contribution < 1.29 is 0 Å². The smallest absolute Gasteiger partial charge is 0.0802 e. The molecule has 0 atom stereocenters. The summed E-state index contributed by atoms with van der Waals surface area (Å²) in [6.45, 7) is 0. The number of rotatable bonds is 0. The van der Waals surface area contributed by atoms with Crippen LogP contribution in [0.15, 0.2) is 79.3 Å². The van der Waals surface area contributed by atoms with Gasteiger partial charge in [-0.1, -0.05) is 54.6 Å². The van der Waals surface area contributed by atoms with Crippen LogP contribution in [0.2, 0.25) is 0 Å². The Hall–Kier alpha value is -3.39. The van der Waals surface area contributed by atoms with E-state index in [1.54, 1.807) is 0 Å². The molecule has 0 fully saturated rings. The average molecular weight is 332 g/mol. The maximum absolute atomic E-state index is 4.75. The molecule has 0 saturated carbocycles. The number of pyridine rings is 1. The zero-order valence-corrected chi connectivity index (χ0v) is 14.4. The van der Waals surface area contributed by atoms with Crippen LogP contribution in [-0.4, -0.2) is 9.55 Å². The van der Waals surface area contributed by atoms with Gasteiger partial charge in [0.1, 0.15) is 0 Å². The number of benzene rings is 4. The van der Waals surface area contributed by atoms with Gasteiger partial charge in [-0.3, -0.25) is 4.98 Å². The number of aryl methyl sites for hydroxylation is 1. The molecule has 0 unspecified atom stereocenters. The van der Waals surface area contributed by atoms with E-state index in [1.807, 2.05) is 12.3 Å². The molecule has 0 spiro atoms. The summed E-state index contributed by atoms with van der Waals surface area (Å²) >= 11 is 0. The van der Waals surface area contributed by atoms with Crippen molar-refractivity contribution in [1.29, 1.82) is 0 Å². The van der Waals surface area contributed by atoms with Crippen molar-refractivity contribution in [2.24, 2.45) is 7.05 Å². The SMILES string of the molecule is Cn1cc2c(c1)c1ncccc1c1c2ccc2ccc3ccccc3c21. The first-order chi connectivity index (χ1) is 12.8. The average Bonchev–Trinajstić information content (AvgIpc) is 3.09. The second-order valence-corrected chi connectivity index (χ2v) is 7.02. The van der Waals surface area contributed by atoms with E-state index in [9.17, 15) is 0 Å². The first-order valence-electron chi connectivity index (χ1n) is 8.88. The van der Waals surface area contributed by atoms with Crippen LogP contribution in [0.1, 0.15) is 0 Å². The van der Waals surface area contributed by atoms with Gasteiger partial charge in [-0.2, -0.15) is 0 Å². The van der Waals surface area contributed by atoms with Crippen LogP contribution in [0, 0.1) is 0 Å². The second kappa shape index (κ2) is 4.83. The fourth-order valence-corrected chi connectivity index (χ4v) is 4.41. The lowest BCUT2D eigenvalue weighted by Crippen LogP contribution is -1.86. The van der Waals surface area contributed by atoms with Gasteiger partial charge in [0.15, 0.2) is 0 Å². The molecule has 4 aromatic carbocycles. The third kappa shape index (κ3) is 1.68. The zero-order valence-electron chi connectivity index (χ0n) is 14.4. The molecule has 6 aromatic rings. The van der Waals surface area contributed by atoms with E-state index in [0.29, 0.717) is 0 Å². The monoisotopic (exact) mass is 332 g/mol. The first kappa shape index (κ1) is 13.9. The first-order valence-corrected chi connectivity index (χ1v) is 8.88. The van der Waals surface area contributed by atoms with Gasteiger partial charge < -0.3 is 4.57 Å². The Balaban J connectivity index is 2.05. The van der Waals surface area contributed by atoms with Crippen LogP contribution in [0.25, 0.3) is 54.0 Å². The summed E-state index contributed by atoms with van der Waals surface area (Å²) < 4.78 is 2.13. The van der Waals surface area contributed by atoms with Gasteiger partial charge in [-0.15, -0.1) is 0 Å². The number of aromatic nitrogens is 2. The normalized spacial score (nSPS) is 12.0. The van der Waals surface area contributed by atoms with Gasteiger partial charge >= 0.3 is 0 Å². The molecule has 0 aliphatic rings. The van der Waals surface area contributed by atoms with E-state index >= 15 is 0 Å². The predicted octanol–water partition coefficient (Wildman–Crippen LogP) is 6.19. The van der Waals surface area contributed by atoms with Crippen molar-refractivity contribution in [1.82, 2.24) is 9.55 Å². The van der Waals surface area contributed by atoms with Gasteiger partial charge in [-0.05, 0) is 33.0 Å². The molecule has 0 aliphatic carbocycles. The third-order valence-electron chi connectivity index (χ3n) is 5.49. The van der Waals surface area contributed by atoms with E-state index in [-0.39, 0.29) is 0 Å². The van der Waals surface area contributed by atoms with E-state index < -0.39 is 0 Å². The molecule has 2 nitrogen and oxygen atoms in total. The molecule has 2 aromatic heterocycles. The van der Waals surface area contributed by atoms with Gasteiger partial charge in [0.25, 0.3) is 0 Å². The van der Waals surface area contributed by atoms with Crippen LogP contribution in [-0.2, 0) is 7.05 Å². The predicted molar refractivity (Wildman–Crippen MR) is 111 cm³/mol. The van der Waals surface area contributed by atoms with Crippen molar-refractivity contribution in [3.63, 3.8) is 0 Å². The number of nitrogens with zero attached hydrogens (tertiary/aromatic N) is 2. The standard InChI is InChI=1S/C24H16N2/c1-26-13-20-18-11-10-16-9-8-15-5-2-3-6-17(15)22(16)23(18)19-7-4-12-25-24(19)21(20)14-26/h2-14H,1H3. The van der Waals surface area contributed by atoms with Crippen molar-refractivity contribution in [2.75, 3.05) is 0 Å². The summed E-state index contributed by atoms with van der Waals surface area (Å²) in [5, 5.41) is 11.5. The highest BCUT2D eigenvalue weighted by atomic mass is 14.9. The highest BCUT2D eigenvalue weighted by molar-refractivity contribution is 6.34. The minimum atomic E-state index is 1.08. The summed E-state index contributed by atoms with van der Waals surface area (Å²) in [7, 11) is 2.08. The minimum absolute atomic E-state index is 1.08. The van der Waals surface area contributed by atoms with E-state index in [4.69, 9.17) is 4.98 Å². The van der Waals surface area contributed by atoms with Crippen molar-refractivity contribution >= 4 is 54.0 Å². The summed E-state index contributed by atoms with van der Waals surface area (Å²) in [4.78, 5) is 4.75. The summed E-state index contributed by atoms with van der Waals surface area (Å²) in [5.74, 6) is 0. The Bertz CT molecular complexity index is 1490. The number of hydrogen-bond donors (Lipinski definition) is 0. The number of hydrogen-bond acceptors (Lipinski definition) is 1. The van der Waals surface area contributed by atoms with Gasteiger partial charge in [-0.25, -0.2) is 0 Å². The molecular formula is C24H16N2. The molecule has 26 heavy (non-hydrogen) atoms. The van der Waals surface area contributed by atoms with E-state index in [2.05, 4.69) is 78.6 Å². The topological polar surface area (TPSA) is 17.8 Å². The molecule has 0 bridgehead atoms. The maximum Gasteiger partial charge on any atom is 0.0802 e. The van der Waals surface area contributed by atoms with Crippen LogP contribution in [0.3, 0.4) is 0 Å². The molecule has 2 heteroatoms. The third-order valence-corrected chi connectivity index (χ3v) is 5.49. The largest absolute Gasteiger partial charge is 0.356 e. The molecule has 0 aliphatic heterocycles. The zero-order chi connectivity index (χ0) is 17.3. The summed E-state index contributed by atoms with van der Waals surface area (Å²) in [6, 6.07) is 21.9. The quantitative estimate of drug-likeness (QED) is 0.303. The fourth-order valence-electron chi connectivity index (χ4n) is 4.41. The van der Waals surface area contributed by atoms with E-state index in [0.717, 1.165) is 5.52 Å². The Kier molecular flexibility index (Phi) is 2.57. The fraction of sp³-hybridized carbons (Fsp3) is 0.0417. The molecule has 122 valence electrons. The Morgan fingerprint density at radius 3 is 2.35 bits per heavy atom. The van der Waals surface area contributed by atoms with E-state index in [1.165, 1.54) is 48.5 Å². The number of fused-ring (bicyclic) bond motifs is 10. The Labute approximate surface area is 150 Å². The Morgan fingerprint density at radius 1 is 0.615 bits per heavy atom. The van der Waals surface area contributed by atoms with Crippen LogP contribution in [0.4, 0.5) is 0 Å². The molecular weight excluding hydrogens is 316 g/mol. The van der Waals surface area contributed by atoms with Crippen LogP contribution in [0.5, 0.6) is 0 Å². The lowest BCUT2D eigenvalue weighted by molar-refractivity contribution is 0.934. The second-order valence-electron chi connectivity index (χ2n) is 7.02. The van der Waals surface area contributed by atoms with Crippen molar-refractivity contribution in [2.45, 2.75) is 0 Å².